The van der Waals surface area contributed by atoms with Gasteiger partial charge in [-0.05, 0) is 42.3 Å². The second kappa shape index (κ2) is 8.01. The van der Waals surface area contributed by atoms with Gasteiger partial charge in [0.25, 0.3) is 11.5 Å². The molecule has 0 bridgehead atoms. The van der Waals surface area contributed by atoms with Gasteiger partial charge in [-0.15, -0.1) is 0 Å². The molecule has 0 aliphatic carbocycles. The molecule has 1 amide bonds. The molecule has 0 radical (unpaired) electrons. The van der Waals surface area contributed by atoms with Gasteiger partial charge in [0.2, 0.25) is 0 Å². The van der Waals surface area contributed by atoms with Crippen molar-refractivity contribution in [1.82, 2.24) is 14.9 Å². The van der Waals surface area contributed by atoms with Crippen molar-refractivity contribution in [2.45, 2.75) is 20.0 Å². The molecule has 3 aromatic rings. The lowest BCUT2D eigenvalue weighted by molar-refractivity contribution is -0.137. The van der Waals surface area contributed by atoms with Gasteiger partial charge in [0.05, 0.1) is 18.0 Å². The van der Waals surface area contributed by atoms with Crippen LogP contribution in [0.15, 0.2) is 46.0 Å². The minimum atomic E-state index is -1.32. The number of aromatic nitrogens is 2. The van der Waals surface area contributed by atoms with Crippen LogP contribution in [0.1, 0.15) is 21.5 Å². The molecule has 0 saturated heterocycles. The van der Waals surface area contributed by atoms with Gasteiger partial charge in [-0.1, -0.05) is 12.1 Å². The number of ether oxygens (including phenoxy) is 1. The highest BCUT2D eigenvalue weighted by molar-refractivity contribution is 5.98. The number of aliphatic carboxylic acids is 1. The van der Waals surface area contributed by atoms with Crippen LogP contribution in [0.5, 0.6) is 5.75 Å². The number of carbonyl (C=O) groups excluding carboxylic acids is 1. The number of nitrogens with one attached hydrogen (secondary N) is 2. The Bertz CT molecular complexity index is 1210. The highest BCUT2D eigenvalue weighted by Gasteiger charge is 2.15. The summed E-state index contributed by atoms with van der Waals surface area (Å²) >= 11 is 0. The molecule has 0 unspecified atom stereocenters. The smallest absolute Gasteiger partial charge is 0.329 e. The lowest BCUT2D eigenvalue weighted by Crippen LogP contribution is -2.37. The summed E-state index contributed by atoms with van der Waals surface area (Å²) in [5, 5.41) is 11.7. The minimum absolute atomic E-state index is 0.0699. The average molecular weight is 397 g/mol. The van der Waals surface area contributed by atoms with Crippen LogP contribution in [0.3, 0.4) is 0 Å². The van der Waals surface area contributed by atoms with Crippen LogP contribution in [0.4, 0.5) is 0 Å². The van der Waals surface area contributed by atoms with Crippen molar-refractivity contribution in [3.63, 3.8) is 0 Å². The van der Waals surface area contributed by atoms with E-state index in [0.29, 0.717) is 15.9 Å². The van der Waals surface area contributed by atoms with Crippen LogP contribution in [0.2, 0.25) is 0 Å². The average Bonchev–Trinajstić information content (AvgIpc) is 2.70. The number of H-pyrrole nitrogens is 1. The van der Waals surface area contributed by atoms with Crippen molar-refractivity contribution < 1.29 is 19.4 Å². The number of carbonyl (C=O) groups is 2. The predicted octanol–water partition coefficient (Wildman–Crippen LogP) is 1.02. The third kappa shape index (κ3) is 4.18. The zero-order chi connectivity index (χ0) is 21.1. The number of amides is 1. The number of rotatable bonds is 6. The van der Waals surface area contributed by atoms with E-state index in [2.05, 4.69) is 10.3 Å². The van der Waals surface area contributed by atoms with Crippen molar-refractivity contribution in [3.8, 4) is 5.75 Å². The van der Waals surface area contributed by atoms with E-state index in [1.807, 2.05) is 12.1 Å². The number of hydrogen-bond donors (Lipinski definition) is 3. The van der Waals surface area contributed by atoms with Crippen LogP contribution < -0.4 is 21.3 Å². The van der Waals surface area contributed by atoms with Gasteiger partial charge in [0.1, 0.15) is 12.3 Å². The molecule has 2 aromatic carbocycles. The van der Waals surface area contributed by atoms with Crippen molar-refractivity contribution in [2.75, 3.05) is 7.11 Å². The Hall–Kier alpha value is -3.88. The van der Waals surface area contributed by atoms with Crippen LogP contribution in [0.25, 0.3) is 10.9 Å². The van der Waals surface area contributed by atoms with E-state index in [0.717, 1.165) is 5.56 Å². The first-order chi connectivity index (χ1) is 13.8. The van der Waals surface area contributed by atoms with Crippen molar-refractivity contribution in [2.24, 2.45) is 0 Å². The summed E-state index contributed by atoms with van der Waals surface area (Å²) in [7, 11) is 1.57. The number of benzene rings is 2. The molecule has 3 rings (SSSR count). The molecule has 150 valence electrons. The van der Waals surface area contributed by atoms with Gasteiger partial charge in [0.15, 0.2) is 0 Å². The third-order valence-electron chi connectivity index (χ3n) is 4.46. The van der Waals surface area contributed by atoms with E-state index < -0.39 is 29.7 Å². The molecule has 3 N–H and O–H groups in total. The molecule has 0 atom stereocenters. The first kappa shape index (κ1) is 19.9. The fraction of sp³-hybridized carbons (Fsp3) is 0.200. The minimum Gasteiger partial charge on any atom is -0.497 e. The Morgan fingerprint density at radius 2 is 1.86 bits per heavy atom. The van der Waals surface area contributed by atoms with Crippen molar-refractivity contribution in [3.05, 3.63) is 73.9 Å². The Kier molecular flexibility index (Phi) is 5.49. The Balaban J connectivity index is 1.92. The van der Waals surface area contributed by atoms with Gasteiger partial charge < -0.3 is 20.1 Å². The summed E-state index contributed by atoms with van der Waals surface area (Å²) < 4.78 is 5.68. The molecule has 0 saturated carbocycles. The molecule has 9 heteroatoms. The molecule has 1 heterocycles. The summed E-state index contributed by atoms with van der Waals surface area (Å²) in [6, 6.07) is 10.1. The van der Waals surface area contributed by atoms with Crippen LogP contribution in [0, 0.1) is 6.92 Å². The standard InChI is InChI=1S/C20H19N3O6/c1-11-7-13(18(26)21-9-12-3-5-14(29-2)6-4-12)8-15-17(11)22-20(28)23(19(15)27)10-16(24)25/h3-8H,9-10H2,1-2H3,(H,21,26)(H,22,28)(H,24,25). The van der Waals surface area contributed by atoms with E-state index >= 15 is 0 Å². The number of carboxylic acids is 1. The first-order valence-corrected chi connectivity index (χ1v) is 8.70. The molecular formula is C20H19N3O6. The summed E-state index contributed by atoms with van der Waals surface area (Å²) in [6.45, 7) is 1.16. The predicted molar refractivity (Wildman–Crippen MR) is 105 cm³/mol. The normalized spacial score (nSPS) is 10.7. The Morgan fingerprint density at radius 1 is 1.17 bits per heavy atom. The monoisotopic (exact) mass is 397 g/mol. The van der Waals surface area contributed by atoms with Crippen LogP contribution in [-0.4, -0.2) is 33.6 Å². The maximum atomic E-state index is 12.6. The van der Waals surface area contributed by atoms with E-state index in [9.17, 15) is 19.2 Å². The van der Waals surface area contributed by atoms with Gasteiger partial charge in [-0.25, -0.2) is 9.36 Å². The topological polar surface area (TPSA) is 130 Å². The maximum absolute atomic E-state index is 12.6. The second-order valence-electron chi connectivity index (χ2n) is 6.46. The van der Waals surface area contributed by atoms with Gasteiger partial charge >= 0.3 is 11.7 Å². The lowest BCUT2D eigenvalue weighted by Gasteiger charge is -2.10. The third-order valence-corrected chi connectivity index (χ3v) is 4.46. The van der Waals surface area contributed by atoms with E-state index in [4.69, 9.17) is 9.84 Å². The highest BCUT2D eigenvalue weighted by atomic mass is 16.5. The Labute approximate surface area is 164 Å². The fourth-order valence-corrected chi connectivity index (χ4v) is 2.97. The van der Waals surface area contributed by atoms with E-state index in [-0.39, 0.29) is 23.0 Å². The van der Waals surface area contributed by atoms with Gasteiger partial charge in [-0.3, -0.25) is 14.4 Å². The zero-order valence-corrected chi connectivity index (χ0v) is 15.8. The summed E-state index contributed by atoms with van der Waals surface area (Å²) in [4.78, 5) is 50.6. The molecule has 29 heavy (non-hydrogen) atoms. The SMILES string of the molecule is COc1ccc(CNC(=O)c2cc(C)c3[nH]c(=O)n(CC(=O)O)c(=O)c3c2)cc1. The second-order valence-corrected chi connectivity index (χ2v) is 6.46. The van der Waals surface area contributed by atoms with Crippen molar-refractivity contribution >= 4 is 22.8 Å². The molecule has 1 aromatic heterocycles. The number of hydrogen-bond acceptors (Lipinski definition) is 5. The fourth-order valence-electron chi connectivity index (χ4n) is 2.97. The van der Waals surface area contributed by atoms with Crippen LogP contribution >= 0.6 is 0 Å². The molecule has 0 aliphatic heterocycles. The number of carboxylic acid groups (broad SMARTS) is 1. The van der Waals surface area contributed by atoms with E-state index in [1.165, 1.54) is 6.07 Å². The zero-order valence-electron chi connectivity index (χ0n) is 15.8. The number of aromatic amines is 1. The number of fused-ring (bicyclic) bond motifs is 1. The Morgan fingerprint density at radius 3 is 2.48 bits per heavy atom. The van der Waals surface area contributed by atoms with Gasteiger partial charge in [-0.2, -0.15) is 0 Å². The largest absolute Gasteiger partial charge is 0.497 e. The first-order valence-electron chi connectivity index (χ1n) is 8.70. The number of nitrogens with zero attached hydrogens (tertiary/aromatic N) is 1. The van der Waals surface area contributed by atoms with E-state index in [1.54, 1.807) is 32.2 Å². The van der Waals surface area contributed by atoms with Crippen LogP contribution in [-0.2, 0) is 17.9 Å². The quantitative estimate of drug-likeness (QED) is 0.569. The maximum Gasteiger partial charge on any atom is 0.329 e. The summed E-state index contributed by atoms with van der Waals surface area (Å²) in [5.41, 5.74) is 0.310. The molecule has 0 aliphatic rings. The molecule has 9 nitrogen and oxygen atoms in total. The van der Waals surface area contributed by atoms with Crippen molar-refractivity contribution in [1.29, 1.82) is 0 Å². The summed E-state index contributed by atoms with van der Waals surface area (Å²) in [5.74, 6) is -1.01. The van der Waals surface area contributed by atoms with Gasteiger partial charge in [0, 0.05) is 12.1 Å². The number of aryl methyl sites for hydroxylation is 1. The lowest BCUT2D eigenvalue weighted by atomic mass is 10.1. The molecular weight excluding hydrogens is 378 g/mol. The molecule has 0 fully saturated rings. The summed E-state index contributed by atoms with van der Waals surface area (Å²) in [6.07, 6.45) is 0. The number of methoxy groups -OCH3 is 1. The highest BCUT2D eigenvalue weighted by Crippen LogP contribution is 2.16. The molecule has 0 spiro atoms.